The molecular weight excluding hydrogens is 280 g/mol. The van der Waals surface area contributed by atoms with E-state index >= 15 is 0 Å². The van der Waals surface area contributed by atoms with Crippen LogP contribution in [-0.2, 0) is 9.47 Å². The lowest BCUT2D eigenvalue weighted by atomic mass is 10.2. The first kappa shape index (κ1) is 16.5. The van der Waals surface area contributed by atoms with E-state index in [1.54, 1.807) is 7.05 Å². The van der Waals surface area contributed by atoms with Gasteiger partial charge in [0, 0.05) is 6.54 Å². The molecule has 0 bridgehead atoms. The largest absolute Gasteiger partial charge is 0.423 e. The van der Waals surface area contributed by atoms with Crippen molar-refractivity contribution in [3.05, 3.63) is 0 Å². The number of hydrogen-bond acceptors (Lipinski definition) is 3. The fourth-order valence-corrected chi connectivity index (χ4v) is 1.86. The molecule has 1 heterocycles. The first-order chi connectivity index (χ1) is 8.64. The summed E-state index contributed by atoms with van der Waals surface area (Å²) in [6.07, 6.45) is -14.7. The Hall–Kier alpha value is -0.540. The Kier molecular flexibility index (Phi) is 5.45. The maximum atomic E-state index is 12.2. The monoisotopic (exact) mass is 295 g/mol. The molecule has 19 heavy (non-hydrogen) atoms. The molecule has 0 spiro atoms. The van der Waals surface area contributed by atoms with Crippen LogP contribution in [0.4, 0.5) is 26.3 Å². The van der Waals surface area contributed by atoms with Crippen LogP contribution < -0.4 is 5.32 Å². The van der Waals surface area contributed by atoms with E-state index in [1.165, 1.54) is 0 Å². The maximum Gasteiger partial charge on any atom is 0.423 e. The third-order valence-corrected chi connectivity index (χ3v) is 2.67. The molecule has 1 rings (SSSR count). The second-order valence-electron chi connectivity index (χ2n) is 4.31. The van der Waals surface area contributed by atoms with Crippen molar-refractivity contribution in [2.45, 2.75) is 43.5 Å². The van der Waals surface area contributed by atoms with E-state index in [4.69, 9.17) is 4.74 Å². The molecule has 0 amide bonds. The number of ether oxygens (including phenoxy) is 2. The topological polar surface area (TPSA) is 30.5 Å². The number of rotatable bonds is 5. The summed E-state index contributed by atoms with van der Waals surface area (Å²) >= 11 is 0. The summed E-state index contributed by atoms with van der Waals surface area (Å²) in [5.74, 6) is 0. The fourth-order valence-electron chi connectivity index (χ4n) is 1.86. The first-order valence-electron chi connectivity index (χ1n) is 5.69. The van der Waals surface area contributed by atoms with Gasteiger partial charge in [0.25, 0.3) is 0 Å². The maximum absolute atomic E-state index is 12.2. The summed E-state index contributed by atoms with van der Waals surface area (Å²) in [4.78, 5) is 0. The number of likely N-dealkylation sites (N-methyl/N-ethyl adjacent to an activating group) is 1. The Balaban J connectivity index is 2.46. The zero-order valence-electron chi connectivity index (χ0n) is 10.1. The molecule has 2 atom stereocenters. The van der Waals surface area contributed by atoms with Crippen LogP contribution >= 0.6 is 0 Å². The molecule has 0 aromatic heterocycles. The third-order valence-electron chi connectivity index (χ3n) is 2.67. The van der Waals surface area contributed by atoms with Crippen LogP contribution in [0.15, 0.2) is 0 Å². The van der Waals surface area contributed by atoms with E-state index in [0.29, 0.717) is 19.4 Å². The van der Waals surface area contributed by atoms with Crippen molar-refractivity contribution in [3.63, 3.8) is 0 Å². The van der Waals surface area contributed by atoms with Gasteiger partial charge in [-0.05, 0) is 19.9 Å². The van der Waals surface area contributed by atoms with E-state index in [1.807, 2.05) is 0 Å². The van der Waals surface area contributed by atoms with Crippen molar-refractivity contribution in [1.82, 2.24) is 5.32 Å². The Morgan fingerprint density at radius 3 is 2.11 bits per heavy atom. The van der Waals surface area contributed by atoms with Crippen molar-refractivity contribution < 1.29 is 35.8 Å². The van der Waals surface area contributed by atoms with Gasteiger partial charge in [0.1, 0.15) is 0 Å². The van der Waals surface area contributed by atoms with Crippen LogP contribution in [0, 0.1) is 0 Å². The smallest absolute Gasteiger partial charge is 0.371 e. The van der Waals surface area contributed by atoms with Crippen molar-refractivity contribution >= 4 is 0 Å². The van der Waals surface area contributed by atoms with Gasteiger partial charge in [0.2, 0.25) is 6.10 Å². The number of nitrogens with one attached hydrogen (secondary N) is 1. The molecule has 0 aromatic carbocycles. The number of alkyl halides is 6. The van der Waals surface area contributed by atoms with Crippen LogP contribution in [0.2, 0.25) is 0 Å². The summed E-state index contributed by atoms with van der Waals surface area (Å²) in [7, 11) is 1.68. The second-order valence-corrected chi connectivity index (χ2v) is 4.31. The molecule has 1 aliphatic heterocycles. The van der Waals surface area contributed by atoms with Gasteiger partial charge in [0.05, 0.1) is 18.8 Å². The minimum atomic E-state index is -5.47. The summed E-state index contributed by atoms with van der Waals surface area (Å²) in [6.45, 7) is -0.220. The lowest BCUT2D eigenvalue weighted by Gasteiger charge is -2.24. The van der Waals surface area contributed by atoms with Gasteiger partial charge in [-0.15, -0.1) is 0 Å². The molecule has 3 nitrogen and oxygen atoms in total. The van der Waals surface area contributed by atoms with Crippen LogP contribution in [0.5, 0.6) is 0 Å². The van der Waals surface area contributed by atoms with Crippen LogP contribution in [-0.4, -0.2) is 50.9 Å². The van der Waals surface area contributed by atoms with Gasteiger partial charge in [0.15, 0.2) is 0 Å². The Labute approximate surface area is 106 Å². The molecule has 1 saturated heterocycles. The molecule has 0 saturated carbocycles. The lowest BCUT2D eigenvalue weighted by molar-refractivity contribution is -0.324. The second kappa shape index (κ2) is 6.27. The molecule has 1 fully saturated rings. The highest BCUT2D eigenvalue weighted by atomic mass is 19.4. The molecule has 2 unspecified atom stereocenters. The van der Waals surface area contributed by atoms with Gasteiger partial charge in [-0.25, -0.2) is 0 Å². The average molecular weight is 295 g/mol. The summed E-state index contributed by atoms with van der Waals surface area (Å²) < 4.78 is 82.4. The highest BCUT2D eigenvalue weighted by Gasteiger charge is 2.58. The molecule has 0 radical (unpaired) electrons. The zero-order chi connectivity index (χ0) is 14.7. The third kappa shape index (κ3) is 5.15. The van der Waals surface area contributed by atoms with E-state index in [2.05, 4.69) is 10.1 Å². The van der Waals surface area contributed by atoms with Gasteiger partial charge >= 0.3 is 12.4 Å². The predicted octanol–water partition coefficient (Wildman–Crippen LogP) is 2.26. The average Bonchev–Trinajstić information content (AvgIpc) is 2.62. The van der Waals surface area contributed by atoms with Gasteiger partial charge in [-0.3, -0.25) is 0 Å². The van der Waals surface area contributed by atoms with Crippen LogP contribution in [0.25, 0.3) is 0 Å². The Bertz CT molecular complexity index is 266. The van der Waals surface area contributed by atoms with Crippen LogP contribution in [0.1, 0.15) is 12.8 Å². The van der Waals surface area contributed by atoms with Crippen LogP contribution in [0.3, 0.4) is 0 Å². The van der Waals surface area contributed by atoms with E-state index in [0.717, 1.165) is 0 Å². The summed E-state index contributed by atoms with van der Waals surface area (Å²) in [6, 6.07) is 0. The highest BCUT2D eigenvalue weighted by molar-refractivity contribution is 4.79. The molecule has 114 valence electrons. The summed E-state index contributed by atoms with van der Waals surface area (Å²) in [5.41, 5.74) is 0. The molecule has 0 aliphatic carbocycles. The fraction of sp³-hybridized carbons (Fsp3) is 1.00. The molecule has 9 heteroatoms. The van der Waals surface area contributed by atoms with Crippen molar-refractivity contribution in [1.29, 1.82) is 0 Å². The number of hydrogen-bond donors (Lipinski definition) is 1. The quantitative estimate of drug-likeness (QED) is 0.789. The highest BCUT2D eigenvalue weighted by Crippen LogP contribution is 2.36. The van der Waals surface area contributed by atoms with Crippen molar-refractivity contribution in [3.8, 4) is 0 Å². The normalized spacial score (nSPS) is 25.3. The SMILES string of the molecule is CNCC1CCC(COC(C(F)(F)F)C(F)(F)F)O1. The van der Waals surface area contributed by atoms with E-state index < -0.39 is 31.2 Å². The van der Waals surface area contributed by atoms with E-state index in [-0.39, 0.29) is 6.10 Å². The van der Waals surface area contributed by atoms with Gasteiger partial charge < -0.3 is 14.8 Å². The zero-order valence-corrected chi connectivity index (χ0v) is 10.1. The Morgan fingerprint density at radius 1 is 1.11 bits per heavy atom. The molecule has 1 N–H and O–H groups in total. The predicted molar refractivity (Wildman–Crippen MR) is 53.7 cm³/mol. The van der Waals surface area contributed by atoms with Crippen molar-refractivity contribution in [2.24, 2.45) is 0 Å². The lowest BCUT2D eigenvalue weighted by Crippen LogP contribution is -2.45. The standard InChI is InChI=1S/C10H15F6NO2/c1-17-4-6-2-3-7(19-6)5-18-8(9(11,12)13)10(14,15)16/h6-8,17H,2-5H2,1H3. The Morgan fingerprint density at radius 2 is 1.63 bits per heavy atom. The molecule has 0 aromatic rings. The van der Waals surface area contributed by atoms with E-state index in [9.17, 15) is 26.3 Å². The first-order valence-corrected chi connectivity index (χ1v) is 5.69. The van der Waals surface area contributed by atoms with Crippen molar-refractivity contribution in [2.75, 3.05) is 20.2 Å². The minimum absolute atomic E-state index is 0.200. The summed E-state index contributed by atoms with van der Waals surface area (Å²) in [5, 5.41) is 2.82. The van der Waals surface area contributed by atoms with Gasteiger partial charge in [-0.2, -0.15) is 26.3 Å². The molecule has 1 aliphatic rings. The number of halogens is 6. The molecular formula is C10H15F6NO2. The minimum Gasteiger partial charge on any atom is -0.371 e. The van der Waals surface area contributed by atoms with Gasteiger partial charge in [-0.1, -0.05) is 0 Å².